The number of benzene rings is 4. The van der Waals surface area contributed by atoms with Gasteiger partial charge in [0.1, 0.15) is 42.4 Å². The Bertz CT molecular complexity index is 1920. The number of aliphatic hydroxyl groups is 2. The van der Waals surface area contributed by atoms with Gasteiger partial charge in [-0.3, -0.25) is 19.3 Å². The average Bonchev–Trinajstić information content (AvgIpc) is 3.59. The van der Waals surface area contributed by atoms with Crippen LogP contribution in [-0.2, 0) is 24.5 Å². The molecule has 7 rings (SSSR count). The van der Waals surface area contributed by atoms with Crippen LogP contribution in [0.1, 0.15) is 46.0 Å². The molecule has 1 amide bonds. The van der Waals surface area contributed by atoms with Gasteiger partial charge in [-0.05, 0) is 52.6 Å². The van der Waals surface area contributed by atoms with Crippen molar-refractivity contribution in [1.82, 2.24) is 4.90 Å². The number of carboxylic acid groups (broad SMARTS) is 1. The zero-order chi connectivity index (χ0) is 33.4. The molecule has 2 fully saturated rings. The summed E-state index contributed by atoms with van der Waals surface area (Å²) in [6.45, 7) is -0.481. The number of aliphatic hydroxyl groups excluding tert-OH is 2. The van der Waals surface area contributed by atoms with Gasteiger partial charge in [-0.2, -0.15) is 0 Å². The summed E-state index contributed by atoms with van der Waals surface area (Å²) < 4.78 is 11.8. The maximum absolute atomic E-state index is 14.7. The first-order chi connectivity index (χ1) is 23.4. The van der Waals surface area contributed by atoms with E-state index in [0.717, 1.165) is 11.1 Å². The highest BCUT2D eigenvalue weighted by Crippen LogP contribution is 2.64. The summed E-state index contributed by atoms with van der Waals surface area (Å²) in [4.78, 5) is 44.4. The number of rotatable bonds is 7. The molecule has 3 heterocycles. The van der Waals surface area contributed by atoms with Crippen LogP contribution in [0.25, 0.3) is 0 Å². The second-order valence-corrected chi connectivity index (χ2v) is 11.9. The number of cyclic esters (lactones) is 1. The number of anilines is 1. The summed E-state index contributed by atoms with van der Waals surface area (Å²) in [7, 11) is 0. The van der Waals surface area contributed by atoms with E-state index in [-0.39, 0.29) is 19.8 Å². The number of amides is 1. The van der Waals surface area contributed by atoms with Gasteiger partial charge in [-0.1, -0.05) is 84.6 Å². The topological polar surface area (TPSA) is 146 Å². The van der Waals surface area contributed by atoms with Crippen molar-refractivity contribution >= 4 is 23.5 Å². The Hall–Kier alpha value is -5.47. The molecule has 0 aliphatic carbocycles. The number of aliphatic carboxylic acids is 1. The molecule has 0 radical (unpaired) electrons. The number of carbonyl (C=O) groups is 3. The lowest BCUT2D eigenvalue weighted by atomic mass is 9.65. The van der Waals surface area contributed by atoms with E-state index in [0.29, 0.717) is 28.1 Å². The molecule has 48 heavy (non-hydrogen) atoms. The summed E-state index contributed by atoms with van der Waals surface area (Å²) in [5.41, 5.74) is 1.54. The highest BCUT2D eigenvalue weighted by molar-refractivity contribution is 6.11. The Morgan fingerprint density at radius 2 is 1.56 bits per heavy atom. The van der Waals surface area contributed by atoms with Crippen molar-refractivity contribution < 1.29 is 39.2 Å². The summed E-state index contributed by atoms with van der Waals surface area (Å²) in [6, 6.07) is 27.6. The van der Waals surface area contributed by atoms with Crippen LogP contribution >= 0.6 is 0 Å². The van der Waals surface area contributed by atoms with E-state index in [1.165, 1.54) is 0 Å². The number of carboxylic acids is 1. The summed E-state index contributed by atoms with van der Waals surface area (Å²) in [5, 5.41) is 32.7. The molecular weight excluding hydrogens is 612 g/mol. The molecule has 0 unspecified atom stereocenters. The summed E-state index contributed by atoms with van der Waals surface area (Å²) >= 11 is 0. The molecule has 1 spiro atoms. The fourth-order valence-corrected chi connectivity index (χ4v) is 7.70. The number of nitrogens with zero attached hydrogens (tertiary/aromatic N) is 1. The number of fused-ring (bicyclic) bond motifs is 3. The molecule has 2 saturated heterocycles. The largest absolute Gasteiger partial charge is 0.491 e. The fraction of sp³-hybridized carbons (Fsp3) is 0.237. The minimum Gasteiger partial charge on any atom is -0.491 e. The van der Waals surface area contributed by atoms with Crippen LogP contribution in [0.4, 0.5) is 5.69 Å². The smallest absolute Gasteiger partial charge is 0.325 e. The van der Waals surface area contributed by atoms with E-state index < -0.39 is 53.4 Å². The van der Waals surface area contributed by atoms with Gasteiger partial charge >= 0.3 is 11.9 Å². The van der Waals surface area contributed by atoms with Crippen molar-refractivity contribution in [2.75, 3.05) is 25.1 Å². The first kappa shape index (κ1) is 31.1. The maximum atomic E-state index is 14.7. The lowest BCUT2D eigenvalue weighted by Gasteiger charge is -2.46. The first-order valence-corrected chi connectivity index (χ1v) is 15.6. The molecule has 3 aliphatic rings. The van der Waals surface area contributed by atoms with Gasteiger partial charge in [0, 0.05) is 11.3 Å². The van der Waals surface area contributed by atoms with Crippen LogP contribution in [0.5, 0.6) is 5.75 Å². The molecular formula is C38H32N2O8. The monoisotopic (exact) mass is 644 g/mol. The first-order valence-electron chi connectivity index (χ1n) is 15.6. The van der Waals surface area contributed by atoms with E-state index in [1.807, 2.05) is 65.6 Å². The van der Waals surface area contributed by atoms with Gasteiger partial charge in [0.05, 0.1) is 18.7 Å². The number of ether oxygens (including phenoxy) is 2. The van der Waals surface area contributed by atoms with E-state index in [1.54, 1.807) is 42.5 Å². The zero-order valence-corrected chi connectivity index (χ0v) is 25.7. The van der Waals surface area contributed by atoms with Crippen LogP contribution in [0, 0.1) is 17.8 Å². The lowest BCUT2D eigenvalue weighted by molar-refractivity contribution is -0.179. The van der Waals surface area contributed by atoms with Crippen molar-refractivity contribution in [3.63, 3.8) is 0 Å². The predicted octanol–water partition coefficient (Wildman–Crippen LogP) is 3.76. The fourth-order valence-electron chi connectivity index (χ4n) is 7.70. The Morgan fingerprint density at radius 1 is 0.875 bits per heavy atom. The second kappa shape index (κ2) is 12.6. The molecule has 10 nitrogen and oxygen atoms in total. The third-order valence-corrected chi connectivity index (χ3v) is 9.44. The molecule has 242 valence electrons. The quantitative estimate of drug-likeness (QED) is 0.175. The van der Waals surface area contributed by atoms with Crippen LogP contribution in [0.15, 0.2) is 103 Å². The molecule has 3 aliphatic heterocycles. The summed E-state index contributed by atoms with van der Waals surface area (Å²) in [6.07, 6.45) is -0.831. The molecule has 0 aromatic heterocycles. The van der Waals surface area contributed by atoms with Gasteiger partial charge in [-0.25, -0.2) is 0 Å². The molecule has 10 heteroatoms. The molecule has 0 bridgehead atoms. The zero-order valence-electron chi connectivity index (χ0n) is 25.7. The minimum atomic E-state index is -1.81. The highest BCUT2D eigenvalue weighted by atomic mass is 16.6. The third-order valence-electron chi connectivity index (χ3n) is 9.44. The molecule has 0 saturated carbocycles. The Kier molecular flexibility index (Phi) is 8.19. The normalized spacial score (nSPS) is 25.8. The SMILES string of the molecule is O=C1O[C@H](c2ccccc2)[C@H](c2ccccc2)N2[C@H]1[C@@H](C(=O)O)[C@]1(C(=O)Nc3ccc(C#CCO)cc31)[C@H]2c1ccc(OCCO)cc1. The standard InChI is InChI=1S/C38H32N2O8/c41-19-7-8-23-13-18-29-28(22-23)38(37(46)39-29)30(35(43)44)32-36(45)48-33(25-11-5-2-6-12-25)31(24-9-3-1-4-10-24)40(32)34(38)26-14-16-27(17-15-26)47-21-20-42/h1-6,9-18,22,30-34,41-42H,19-21H2,(H,39,46)(H,43,44)/t30-,31-,32-,33+,34+,38-/m0/s1. The van der Waals surface area contributed by atoms with E-state index in [2.05, 4.69) is 17.2 Å². The van der Waals surface area contributed by atoms with Crippen LogP contribution in [0.2, 0.25) is 0 Å². The van der Waals surface area contributed by atoms with Gasteiger partial charge in [-0.15, -0.1) is 0 Å². The van der Waals surface area contributed by atoms with Crippen molar-refractivity contribution in [2.24, 2.45) is 5.92 Å². The van der Waals surface area contributed by atoms with Gasteiger partial charge < -0.3 is 30.1 Å². The van der Waals surface area contributed by atoms with Crippen molar-refractivity contribution in [2.45, 2.75) is 29.6 Å². The van der Waals surface area contributed by atoms with Crippen LogP contribution < -0.4 is 10.1 Å². The van der Waals surface area contributed by atoms with Crippen LogP contribution in [0.3, 0.4) is 0 Å². The number of hydrogen-bond donors (Lipinski definition) is 4. The van der Waals surface area contributed by atoms with Gasteiger partial charge in [0.15, 0.2) is 0 Å². The number of hydrogen-bond acceptors (Lipinski definition) is 8. The maximum Gasteiger partial charge on any atom is 0.325 e. The van der Waals surface area contributed by atoms with Crippen molar-refractivity contribution in [3.8, 4) is 17.6 Å². The number of carbonyl (C=O) groups excluding carboxylic acids is 2. The van der Waals surface area contributed by atoms with Crippen LogP contribution in [-0.4, -0.2) is 63.9 Å². The Morgan fingerprint density at radius 3 is 2.21 bits per heavy atom. The van der Waals surface area contributed by atoms with Gasteiger partial charge in [0.2, 0.25) is 5.91 Å². The van der Waals surface area contributed by atoms with Crippen molar-refractivity contribution in [3.05, 3.63) is 131 Å². The Labute approximate surface area is 276 Å². The third kappa shape index (κ3) is 4.91. The molecule has 6 atom stereocenters. The highest BCUT2D eigenvalue weighted by Gasteiger charge is 2.74. The predicted molar refractivity (Wildman–Crippen MR) is 174 cm³/mol. The van der Waals surface area contributed by atoms with E-state index in [4.69, 9.17) is 9.47 Å². The molecule has 4 aromatic rings. The van der Waals surface area contributed by atoms with E-state index in [9.17, 15) is 29.7 Å². The minimum absolute atomic E-state index is 0.0795. The van der Waals surface area contributed by atoms with Gasteiger partial charge in [0.25, 0.3) is 0 Å². The number of morpholine rings is 1. The Balaban J connectivity index is 1.53. The average molecular weight is 645 g/mol. The second-order valence-electron chi connectivity index (χ2n) is 11.9. The lowest BCUT2D eigenvalue weighted by Crippen LogP contribution is -2.52. The number of esters is 1. The molecule has 4 N–H and O–H groups in total. The molecule has 4 aromatic carbocycles. The number of nitrogens with one attached hydrogen (secondary N) is 1. The van der Waals surface area contributed by atoms with Crippen molar-refractivity contribution in [1.29, 1.82) is 0 Å². The van der Waals surface area contributed by atoms with E-state index >= 15 is 0 Å². The summed E-state index contributed by atoms with van der Waals surface area (Å²) in [5.74, 6) is 1.78.